The number of benzene rings is 1. The average molecular weight is 375 g/mol. The van der Waals surface area contributed by atoms with Gasteiger partial charge in [0.2, 0.25) is 15.9 Å². The summed E-state index contributed by atoms with van der Waals surface area (Å²) >= 11 is 6.06. The number of ether oxygens (including phenoxy) is 1. The first-order valence-corrected chi connectivity index (χ1v) is 9.86. The van der Waals surface area contributed by atoms with E-state index in [9.17, 15) is 13.2 Å². The van der Waals surface area contributed by atoms with E-state index in [-0.39, 0.29) is 24.2 Å². The van der Waals surface area contributed by atoms with E-state index in [1.165, 1.54) is 11.4 Å². The number of piperidine rings is 1. The van der Waals surface area contributed by atoms with E-state index in [2.05, 4.69) is 5.32 Å². The fourth-order valence-corrected chi connectivity index (χ4v) is 4.21. The number of rotatable bonds is 6. The van der Waals surface area contributed by atoms with Gasteiger partial charge in [0.25, 0.3) is 0 Å². The number of anilines is 1. The highest BCUT2D eigenvalue weighted by molar-refractivity contribution is 7.89. The molecule has 1 fully saturated rings. The van der Waals surface area contributed by atoms with Crippen LogP contribution in [0.3, 0.4) is 0 Å². The molecule has 0 aromatic heterocycles. The van der Waals surface area contributed by atoms with Crippen LogP contribution in [0.5, 0.6) is 0 Å². The number of hydrogen-bond donors (Lipinski definition) is 1. The molecular formula is C16H23ClN2O4S. The molecule has 1 aromatic carbocycles. The summed E-state index contributed by atoms with van der Waals surface area (Å²) in [5.41, 5.74) is 1.61. The van der Waals surface area contributed by atoms with Gasteiger partial charge in [-0.1, -0.05) is 17.7 Å². The van der Waals surface area contributed by atoms with Gasteiger partial charge in [-0.2, -0.15) is 0 Å². The zero-order valence-electron chi connectivity index (χ0n) is 13.9. The number of carbonyl (C=O) groups excluding carboxylic acids is 1. The van der Waals surface area contributed by atoms with E-state index in [4.69, 9.17) is 16.3 Å². The van der Waals surface area contributed by atoms with Crippen LogP contribution < -0.4 is 5.32 Å². The molecule has 8 heteroatoms. The lowest BCUT2D eigenvalue weighted by atomic mass is 9.97. The summed E-state index contributed by atoms with van der Waals surface area (Å²) in [6, 6.07) is 5.38. The van der Waals surface area contributed by atoms with Crippen molar-refractivity contribution in [2.24, 2.45) is 5.92 Å². The number of hydrogen-bond acceptors (Lipinski definition) is 4. The quantitative estimate of drug-likeness (QED) is 0.828. The summed E-state index contributed by atoms with van der Waals surface area (Å²) in [6.07, 6.45) is 1.02. The van der Waals surface area contributed by atoms with E-state index in [1.807, 2.05) is 19.1 Å². The van der Waals surface area contributed by atoms with Crippen molar-refractivity contribution >= 4 is 33.2 Å². The smallest absolute Gasteiger partial charge is 0.227 e. The number of methoxy groups -OCH3 is 1. The Morgan fingerprint density at radius 1 is 1.38 bits per heavy atom. The lowest BCUT2D eigenvalue weighted by molar-refractivity contribution is -0.120. The van der Waals surface area contributed by atoms with Crippen LogP contribution in [-0.4, -0.2) is 51.2 Å². The molecule has 1 N–H and O–H groups in total. The minimum Gasteiger partial charge on any atom is -0.384 e. The van der Waals surface area contributed by atoms with Crippen LogP contribution in [0.1, 0.15) is 18.4 Å². The van der Waals surface area contributed by atoms with Crippen molar-refractivity contribution in [1.29, 1.82) is 0 Å². The first-order valence-electron chi connectivity index (χ1n) is 7.87. The van der Waals surface area contributed by atoms with Gasteiger partial charge in [-0.15, -0.1) is 0 Å². The molecule has 0 unspecified atom stereocenters. The molecule has 1 aliphatic heterocycles. The Morgan fingerprint density at radius 2 is 2.04 bits per heavy atom. The summed E-state index contributed by atoms with van der Waals surface area (Å²) < 4.78 is 30.5. The summed E-state index contributed by atoms with van der Waals surface area (Å²) in [7, 11) is -1.83. The van der Waals surface area contributed by atoms with Gasteiger partial charge in [-0.05, 0) is 37.5 Å². The van der Waals surface area contributed by atoms with Crippen LogP contribution >= 0.6 is 11.6 Å². The van der Waals surface area contributed by atoms with Crippen LogP contribution in [0, 0.1) is 12.8 Å². The molecular weight excluding hydrogens is 352 g/mol. The Balaban J connectivity index is 1.89. The average Bonchev–Trinajstić information content (AvgIpc) is 2.56. The SMILES string of the molecule is COCCS(=O)(=O)N1CCC(C(=O)Nc2ccc(C)c(Cl)c2)CC1. The maximum absolute atomic E-state index is 12.3. The second-order valence-corrected chi connectivity index (χ2v) is 8.43. The molecule has 1 amide bonds. The fraction of sp³-hybridized carbons (Fsp3) is 0.562. The van der Waals surface area contributed by atoms with Crippen molar-refractivity contribution in [1.82, 2.24) is 4.31 Å². The van der Waals surface area contributed by atoms with Crippen molar-refractivity contribution in [2.75, 3.05) is 37.9 Å². The largest absolute Gasteiger partial charge is 0.384 e. The normalized spacial score (nSPS) is 17.0. The predicted octanol–water partition coefficient (Wildman–Crippen LogP) is 2.28. The number of nitrogens with zero attached hydrogens (tertiary/aromatic N) is 1. The van der Waals surface area contributed by atoms with Crippen molar-refractivity contribution in [2.45, 2.75) is 19.8 Å². The Labute approximate surface area is 148 Å². The van der Waals surface area contributed by atoms with Crippen LogP contribution in [0.25, 0.3) is 0 Å². The number of halogens is 1. The van der Waals surface area contributed by atoms with Gasteiger partial charge in [0.1, 0.15) is 0 Å². The van der Waals surface area contributed by atoms with Crippen molar-refractivity contribution in [3.63, 3.8) is 0 Å². The molecule has 2 rings (SSSR count). The van der Waals surface area contributed by atoms with Crippen molar-refractivity contribution < 1.29 is 17.9 Å². The minimum atomic E-state index is -3.30. The standard InChI is InChI=1S/C16H23ClN2O4S/c1-12-3-4-14(11-15(12)17)18-16(20)13-5-7-19(8-6-13)24(21,22)10-9-23-2/h3-4,11,13H,5-10H2,1-2H3,(H,18,20). The number of nitrogens with one attached hydrogen (secondary N) is 1. The molecule has 0 radical (unpaired) electrons. The second kappa shape index (κ2) is 8.29. The Bertz CT molecular complexity index is 685. The van der Waals surface area contributed by atoms with Gasteiger partial charge in [0.15, 0.2) is 0 Å². The van der Waals surface area contributed by atoms with Crippen molar-refractivity contribution in [3.05, 3.63) is 28.8 Å². The molecule has 0 saturated carbocycles. The van der Waals surface area contributed by atoms with Gasteiger partial charge in [0, 0.05) is 36.8 Å². The van der Waals surface area contributed by atoms with Crippen LogP contribution in [0.4, 0.5) is 5.69 Å². The van der Waals surface area contributed by atoms with Crippen LogP contribution in [0.2, 0.25) is 5.02 Å². The van der Waals surface area contributed by atoms with Gasteiger partial charge < -0.3 is 10.1 Å². The topological polar surface area (TPSA) is 75.7 Å². The molecule has 1 aromatic rings. The first kappa shape index (κ1) is 19.2. The fourth-order valence-electron chi connectivity index (χ4n) is 2.63. The molecule has 0 aliphatic carbocycles. The monoisotopic (exact) mass is 374 g/mol. The molecule has 24 heavy (non-hydrogen) atoms. The van der Waals surface area contributed by atoms with Gasteiger partial charge in [-0.25, -0.2) is 12.7 Å². The molecule has 6 nitrogen and oxygen atoms in total. The molecule has 0 bridgehead atoms. The molecule has 1 saturated heterocycles. The summed E-state index contributed by atoms with van der Waals surface area (Å²) in [6.45, 7) is 2.79. The Kier molecular flexibility index (Phi) is 6.62. The van der Waals surface area contributed by atoms with E-state index in [1.54, 1.807) is 6.07 Å². The number of aryl methyl sites for hydroxylation is 1. The maximum Gasteiger partial charge on any atom is 0.227 e. The third-order valence-corrected chi connectivity index (χ3v) is 6.44. The van der Waals surface area contributed by atoms with E-state index >= 15 is 0 Å². The van der Waals surface area contributed by atoms with E-state index in [0.29, 0.717) is 36.6 Å². The lowest BCUT2D eigenvalue weighted by Crippen LogP contribution is -2.42. The van der Waals surface area contributed by atoms with Crippen molar-refractivity contribution in [3.8, 4) is 0 Å². The highest BCUT2D eigenvalue weighted by Crippen LogP contribution is 2.24. The van der Waals surface area contributed by atoms with Gasteiger partial charge in [-0.3, -0.25) is 4.79 Å². The van der Waals surface area contributed by atoms with E-state index < -0.39 is 10.0 Å². The summed E-state index contributed by atoms with van der Waals surface area (Å²) in [5.74, 6) is -0.315. The van der Waals surface area contributed by atoms with Gasteiger partial charge >= 0.3 is 0 Å². The molecule has 1 heterocycles. The second-order valence-electron chi connectivity index (χ2n) is 5.94. The first-order chi connectivity index (χ1) is 11.3. The number of amides is 1. The number of carbonyl (C=O) groups is 1. The highest BCUT2D eigenvalue weighted by Gasteiger charge is 2.30. The highest BCUT2D eigenvalue weighted by atomic mass is 35.5. The third-order valence-electron chi connectivity index (χ3n) is 4.20. The van der Waals surface area contributed by atoms with Crippen LogP contribution in [0.15, 0.2) is 18.2 Å². The Morgan fingerprint density at radius 3 is 2.62 bits per heavy atom. The summed E-state index contributed by atoms with van der Waals surface area (Å²) in [5, 5.41) is 3.46. The third kappa shape index (κ3) is 4.92. The maximum atomic E-state index is 12.3. The minimum absolute atomic E-state index is 0.0256. The van der Waals surface area contributed by atoms with E-state index in [0.717, 1.165) is 5.56 Å². The lowest BCUT2D eigenvalue weighted by Gasteiger charge is -2.30. The summed E-state index contributed by atoms with van der Waals surface area (Å²) in [4.78, 5) is 12.3. The zero-order chi connectivity index (χ0) is 17.7. The van der Waals surface area contributed by atoms with Gasteiger partial charge in [0.05, 0.1) is 12.4 Å². The molecule has 0 spiro atoms. The van der Waals surface area contributed by atoms with Crippen LogP contribution in [-0.2, 0) is 19.6 Å². The molecule has 0 atom stereocenters. The molecule has 1 aliphatic rings. The number of sulfonamides is 1. The predicted molar refractivity (Wildman–Crippen MR) is 94.8 cm³/mol. The molecule has 134 valence electrons. The zero-order valence-corrected chi connectivity index (χ0v) is 15.5. The Hall–Kier alpha value is -1.15.